The molecule has 0 bridgehead atoms. The lowest BCUT2D eigenvalue weighted by molar-refractivity contribution is 0.0992. The molecule has 0 unspecified atom stereocenters. The van der Waals surface area contributed by atoms with Crippen molar-refractivity contribution in [2.24, 2.45) is 0 Å². The summed E-state index contributed by atoms with van der Waals surface area (Å²) in [5.41, 5.74) is 5.23. The number of ether oxygens (including phenoxy) is 1. The van der Waals surface area contributed by atoms with Crippen LogP contribution in [0.4, 0.5) is 5.69 Å². The van der Waals surface area contributed by atoms with Gasteiger partial charge >= 0.3 is 0 Å². The summed E-state index contributed by atoms with van der Waals surface area (Å²) in [6.07, 6.45) is 0. The van der Waals surface area contributed by atoms with Gasteiger partial charge in [0.05, 0.1) is 33.7 Å². The summed E-state index contributed by atoms with van der Waals surface area (Å²) < 4.78 is 13.5. The van der Waals surface area contributed by atoms with Crippen molar-refractivity contribution in [2.45, 2.75) is 40.8 Å². The summed E-state index contributed by atoms with van der Waals surface area (Å²) in [6.45, 7) is 8.48. The largest absolute Gasteiger partial charge is 0.485 e. The van der Waals surface area contributed by atoms with Crippen LogP contribution >= 0.6 is 23.2 Å². The number of carbonyl (C=O) groups is 1. The van der Waals surface area contributed by atoms with E-state index in [0.29, 0.717) is 33.7 Å². The van der Waals surface area contributed by atoms with Crippen LogP contribution in [0, 0.1) is 27.7 Å². The molecule has 2 aromatic carbocycles. The van der Waals surface area contributed by atoms with Gasteiger partial charge in [0.25, 0.3) is 5.91 Å². The molecule has 2 aromatic heterocycles. The predicted octanol–water partition coefficient (Wildman–Crippen LogP) is 6.90. The van der Waals surface area contributed by atoms with Gasteiger partial charge in [-0.2, -0.15) is 5.10 Å². The second-order valence-electron chi connectivity index (χ2n) is 8.18. The Morgan fingerprint density at radius 3 is 2.47 bits per heavy atom. The number of carbonyl (C=O) groups excluding carboxylic acids is 1. The van der Waals surface area contributed by atoms with Gasteiger partial charge in [0, 0.05) is 0 Å². The minimum atomic E-state index is -0.349. The lowest BCUT2D eigenvalue weighted by atomic mass is 10.1. The summed E-state index contributed by atoms with van der Waals surface area (Å²) in [5.74, 6) is 1.25. The van der Waals surface area contributed by atoms with Crippen LogP contribution in [0.5, 0.6) is 5.75 Å². The van der Waals surface area contributed by atoms with Crippen molar-refractivity contribution < 1.29 is 13.9 Å². The van der Waals surface area contributed by atoms with E-state index in [1.54, 1.807) is 18.2 Å². The Bertz CT molecular complexity index is 1340. The van der Waals surface area contributed by atoms with Gasteiger partial charge in [-0.15, -0.1) is 0 Å². The molecular weight excluding hydrogens is 473 g/mol. The van der Waals surface area contributed by atoms with E-state index in [1.165, 1.54) is 0 Å². The topological polar surface area (TPSA) is 69.3 Å². The van der Waals surface area contributed by atoms with Crippen LogP contribution in [0.15, 0.2) is 52.9 Å². The summed E-state index contributed by atoms with van der Waals surface area (Å²) in [6, 6.07) is 14.8. The summed E-state index contributed by atoms with van der Waals surface area (Å²) in [5, 5.41) is 8.48. The first-order valence-corrected chi connectivity index (χ1v) is 11.6. The first kappa shape index (κ1) is 23.9. The third-order valence-electron chi connectivity index (χ3n) is 5.59. The molecule has 1 N–H and O–H groups in total. The van der Waals surface area contributed by atoms with Gasteiger partial charge in [0.15, 0.2) is 5.76 Å². The van der Waals surface area contributed by atoms with Gasteiger partial charge in [-0.3, -0.25) is 9.48 Å². The summed E-state index contributed by atoms with van der Waals surface area (Å²) in [7, 11) is 0. The van der Waals surface area contributed by atoms with Crippen LogP contribution in [0.3, 0.4) is 0 Å². The molecule has 4 aromatic rings. The number of anilines is 1. The molecule has 0 spiro atoms. The number of nitrogens with one attached hydrogen (secondary N) is 1. The molecule has 0 fully saturated rings. The molecule has 0 atom stereocenters. The maximum Gasteiger partial charge on any atom is 0.291 e. The van der Waals surface area contributed by atoms with E-state index < -0.39 is 0 Å². The molecule has 0 aliphatic rings. The number of aromatic nitrogens is 2. The van der Waals surface area contributed by atoms with Crippen molar-refractivity contribution in [1.82, 2.24) is 9.78 Å². The van der Waals surface area contributed by atoms with E-state index in [2.05, 4.69) is 10.4 Å². The average Bonchev–Trinajstić information content (AvgIpc) is 3.36. The van der Waals surface area contributed by atoms with E-state index in [-0.39, 0.29) is 18.3 Å². The monoisotopic (exact) mass is 497 g/mol. The highest BCUT2D eigenvalue weighted by molar-refractivity contribution is 6.42. The number of hydrogen-bond donors (Lipinski definition) is 1. The third-order valence-corrected chi connectivity index (χ3v) is 6.33. The fraction of sp³-hybridized carbons (Fsp3) is 0.231. The standard InChI is InChI=1S/C26H25Cl2N3O3/c1-15-6-5-7-16(2)25(15)33-14-20-9-11-23(34-20)26(32)29-24-17(3)30-31(18(24)4)13-19-8-10-21(27)22(28)12-19/h5-12H,13-14H2,1-4H3,(H,29,32). The van der Waals surface area contributed by atoms with E-state index >= 15 is 0 Å². The van der Waals surface area contributed by atoms with Crippen LogP contribution in [-0.2, 0) is 13.2 Å². The lowest BCUT2D eigenvalue weighted by Gasteiger charge is -2.10. The van der Waals surface area contributed by atoms with Crippen LogP contribution in [0.1, 0.15) is 44.4 Å². The van der Waals surface area contributed by atoms with Crippen molar-refractivity contribution in [1.29, 1.82) is 0 Å². The van der Waals surface area contributed by atoms with E-state index in [0.717, 1.165) is 28.1 Å². The maximum atomic E-state index is 12.8. The molecule has 0 saturated heterocycles. The second kappa shape index (κ2) is 9.95. The molecule has 4 rings (SSSR count). The van der Waals surface area contributed by atoms with Gasteiger partial charge in [0.2, 0.25) is 0 Å². The van der Waals surface area contributed by atoms with E-state index in [4.69, 9.17) is 32.4 Å². The van der Waals surface area contributed by atoms with Crippen molar-refractivity contribution in [3.05, 3.63) is 98.2 Å². The van der Waals surface area contributed by atoms with Gasteiger partial charge in [0.1, 0.15) is 18.1 Å². The highest BCUT2D eigenvalue weighted by atomic mass is 35.5. The average molecular weight is 498 g/mol. The Morgan fingerprint density at radius 2 is 1.76 bits per heavy atom. The minimum absolute atomic E-state index is 0.205. The van der Waals surface area contributed by atoms with Gasteiger partial charge in [-0.05, 0) is 68.7 Å². The Hall–Kier alpha value is -3.22. The maximum absolute atomic E-state index is 12.8. The molecule has 176 valence electrons. The molecule has 6 nitrogen and oxygen atoms in total. The van der Waals surface area contributed by atoms with Crippen molar-refractivity contribution in [3.8, 4) is 5.75 Å². The Labute approximate surface area is 208 Å². The molecule has 0 radical (unpaired) electrons. The highest BCUT2D eigenvalue weighted by Crippen LogP contribution is 2.26. The third kappa shape index (κ3) is 5.13. The summed E-state index contributed by atoms with van der Waals surface area (Å²) >= 11 is 12.1. The second-order valence-corrected chi connectivity index (χ2v) is 9.00. The highest BCUT2D eigenvalue weighted by Gasteiger charge is 2.18. The number of halogens is 2. The molecule has 0 aliphatic carbocycles. The zero-order valence-corrected chi connectivity index (χ0v) is 20.9. The van der Waals surface area contributed by atoms with Crippen molar-refractivity contribution >= 4 is 34.8 Å². The Balaban J connectivity index is 1.44. The van der Waals surface area contributed by atoms with Crippen LogP contribution in [0.2, 0.25) is 10.0 Å². The smallest absolute Gasteiger partial charge is 0.291 e. The van der Waals surface area contributed by atoms with Crippen molar-refractivity contribution in [3.63, 3.8) is 0 Å². The molecule has 1 amide bonds. The number of rotatable bonds is 7. The molecule has 2 heterocycles. The van der Waals surface area contributed by atoms with Gasteiger partial charge in [-0.1, -0.05) is 47.5 Å². The Kier molecular flexibility index (Phi) is 7.00. The summed E-state index contributed by atoms with van der Waals surface area (Å²) in [4.78, 5) is 12.8. The normalized spacial score (nSPS) is 11.0. The first-order valence-electron chi connectivity index (χ1n) is 10.8. The quantitative estimate of drug-likeness (QED) is 0.301. The first-order chi connectivity index (χ1) is 16.2. The molecular formula is C26H25Cl2N3O3. The molecule has 0 saturated carbocycles. The van der Waals surface area contributed by atoms with Gasteiger partial charge < -0.3 is 14.5 Å². The van der Waals surface area contributed by atoms with Crippen LogP contribution in [-0.4, -0.2) is 15.7 Å². The number of amides is 1. The van der Waals surface area contributed by atoms with E-state index in [9.17, 15) is 4.79 Å². The Morgan fingerprint density at radius 1 is 1.03 bits per heavy atom. The number of nitrogens with zero attached hydrogens (tertiary/aromatic N) is 2. The zero-order chi connectivity index (χ0) is 24.4. The number of para-hydroxylation sites is 1. The zero-order valence-electron chi connectivity index (χ0n) is 19.4. The molecule has 8 heteroatoms. The lowest BCUT2D eigenvalue weighted by Crippen LogP contribution is -2.12. The SMILES string of the molecule is Cc1cccc(C)c1OCc1ccc(C(=O)Nc2c(C)nn(Cc3ccc(Cl)c(Cl)c3)c2C)o1. The number of furan rings is 1. The number of hydrogen-bond acceptors (Lipinski definition) is 4. The molecule has 0 aliphatic heterocycles. The minimum Gasteiger partial charge on any atom is -0.485 e. The van der Waals surface area contributed by atoms with Crippen molar-refractivity contribution in [2.75, 3.05) is 5.32 Å². The van der Waals surface area contributed by atoms with Crippen LogP contribution in [0.25, 0.3) is 0 Å². The number of benzene rings is 2. The molecule has 34 heavy (non-hydrogen) atoms. The fourth-order valence-corrected chi connectivity index (χ4v) is 4.09. The number of aryl methyl sites for hydroxylation is 3. The predicted molar refractivity (Wildman–Crippen MR) is 134 cm³/mol. The van der Waals surface area contributed by atoms with Gasteiger partial charge in [-0.25, -0.2) is 0 Å². The van der Waals surface area contributed by atoms with E-state index in [1.807, 2.05) is 62.7 Å². The fourth-order valence-electron chi connectivity index (χ4n) is 3.77. The van der Waals surface area contributed by atoms with Crippen LogP contribution < -0.4 is 10.1 Å².